The highest BCUT2D eigenvalue weighted by atomic mass is 16.6. The van der Waals surface area contributed by atoms with E-state index in [4.69, 9.17) is 9.47 Å². The zero-order valence-electron chi connectivity index (χ0n) is 18.2. The fraction of sp³-hybridized carbons (Fsp3) is 0.304. The van der Waals surface area contributed by atoms with E-state index in [1.807, 2.05) is 6.92 Å². The van der Waals surface area contributed by atoms with Crippen molar-refractivity contribution in [2.24, 2.45) is 0 Å². The molecule has 0 bridgehead atoms. The fourth-order valence-corrected chi connectivity index (χ4v) is 3.55. The first-order valence-corrected chi connectivity index (χ1v) is 10.3. The van der Waals surface area contributed by atoms with E-state index in [0.717, 1.165) is 5.56 Å². The third kappa shape index (κ3) is 4.88. The highest BCUT2D eigenvalue weighted by Gasteiger charge is 2.35. The predicted molar refractivity (Wildman–Crippen MR) is 117 cm³/mol. The second-order valence-corrected chi connectivity index (χ2v) is 7.13. The summed E-state index contributed by atoms with van der Waals surface area (Å²) in [5, 5.41) is 13.7. The molecule has 1 aliphatic heterocycles. The number of urea groups is 1. The van der Waals surface area contributed by atoms with E-state index >= 15 is 0 Å². The van der Waals surface area contributed by atoms with Crippen molar-refractivity contribution in [1.29, 1.82) is 0 Å². The summed E-state index contributed by atoms with van der Waals surface area (Å²) in [6, 6.07) is 12.2. The van der Waals surface area contributed by atoms with Gasteiger partial charge in [0.2, 0.25) is 0 Å². The quantitative estimate of drug-likeness (QED) is 0.377. The van der Waals surface area contributed by atoms with Crippen LogP contribution in [-0.2, 0) is 16.1 Å². The van der Waals surface area contributed by atoms with Crippen LogP contribution in [0, 0.1) is 10.1 Å². The van der Waals surface area contributed by atoms with Crippen LogP contribution in [0.4, 0.5) is 10.5 Å². The molecule has 1 atom stereocenters. The van der Waals surface area contributed by atoms with Gasteiger partial charge in [0.05, 0.1) is 23.1 Å². The average molecular weight is 439 g/mol. The van der Waals surface area contributed by atoms with E-state index in [-0.39, 0.29) is 24.9 Å². The number of allylic oxidation sites excluding steroid dienone is 1. The third-order valence-corrected chi connectivity index (χ3v) is 5.15. The van der Waals surface area contributed by atoms with E-state index in [0.29, 0.717) is 29.1 Å². The SMILES string of the molecule is CCOC(=O)C1=C(C)N(CC)C(=O)NC1c1cccc(OCc2ccc([N+](=O)[O-])cc2)c1. The molecular weight excluding hydrogens is 414 g/mol. The molecule has 0 spiro atoms. The summed E-state index contributed by atoms with van der Waals surface area (Å²) in [7, 11) is 0. The average Bonchev–Trinajstić information content (AvgIpc) is 2.78. The monoisotopic (exact) mass is 439 g/mol. The van der Waals surface area contributed by atoms with Gasteiger partial charge in [-0.05, 0) is 56.2 Å². The van der Waals surface area contributed by atoms with Crippen LogP contribution in [0.5, 0.6) is 5.75 Å². The first kappa shape index (κ1) is 22.8. The molecule has 32 heavy (non-hydrogen) atoms. The zero-order valence-corrected chi connectivity index (χ0v) is 18.2. The maximum absolute atomic E-state index is 12.7. The normalized spacial score (nSPS) is 15.9. The Bertz CT molecular complexity index is 1050. The fourth-order valence-electron chi connectivity index (χ4n) is 3.55. The van der Waals surface area contributed by atoms with Gasteiger partial charge in [0, 0.05) is 24.4 Å². The Balaban J connectivity index is 1.84. The summed E-state index contributed by atoms with van der Waals surface area (Å²) in [4.78, 5) is 37.1. The largest absolute Gasteiger partial charge is 0.489 e. The molecule has 2 aromatic rings. The number of carbonyl (C=O) groups is 2. The standard InChI is InChI=1S/C23H25N3O6/c1-4-25-15(3)20(22(27)31-5-2)21(24-23(25)28)17-7-6-8-19(13-17)32-14-16-9-11-18(12-10-16)26(29)30/h6-13,21H,4-5,14H2,1-3H3,(H,24,28). The summed E-state index contributed by atoms with van der Waals surface area (Å²) in [5.74, 6) is 0.0551. The molecule has 2 aromatic carbocycles. The van der Waals surface area contributed by atoms with Crippen molar-refractivity contribution in [3.8, 4) is 5.75 Å². The molecule has 3 rings (SSSR count). The second kappa shape index (κ2) is 9.95. The van der Waals surface area contributed by atoms with E-state index in [1.165, 1.54) is 17.0 Å². The zero-order chi connectivity index (χ0) is 23.3. The van der Waals surface area contributed by atoms with Crippen molar-refractivity contribution >= 4 is 17.7 Å². The maximum atomic E-state index is 12.7. The number of nitrogens with one attached hydrogen (secondary N) is 1. The van der Waals surface area contributed by atoms with E-state index in [2.05, 4.69) is 5.32 Å². The van der Waals surface area contributed by atoms with Gasteiger partial charge in [-0.3, -0.25) is 15.0 Å². The van der Waals surface area contributed by atoms with E-state index in [9.17, 15) is 19.7 Å². The number of rotatable bonds is 8. The Morgan fingerprint density at radius 3 is 2.53 bits per heavy atom. The molecule has 1 unspecified atom stereocenters. The summed E-state index contributed by atoms with van der Waals surface area (Å²) in [6.07, 6.45) is 0. The molecule has 0 radical (unpaired) electrons. The number of nitro groups is 1. The highest BCUT2D eigenvalue weighted by molar-refractivity contribution is 5.95. The Hall–Kier alpha value is -3.88. The van der Waals surface area contributed by atoms with E-state index < -0.39 is 16.9 Å². The molecular formula is C23H25N3O6. The first-order valence-electron chi connectivity index (χ1n) is 10.3. The number of esters is 1. The molecule has 2 amide bonds. The number of nitrogens with zero attached hydrogens (tertiary/aromatic N) is 2. The van der Waals surface area contributed by atoms with Crippen LogP contribution in [0.15, 0.2) is 59.8 Å². The van der Waals surface area contributed by atoms with Crippen LogP contribution in [0.1, 0.15) is 37.9 Å². The Morgan fingerprint density at radius 1 is 1.19 bits per heavy atom. The van der Waals surface area contributed by atoms with Crippen molar-refractivity contribution in [3.05, 3.63) is 81.0 Å². The lowest BCUT2D eigenvalue weighted by Gasteiger charge is -2.34. The minimum atomic E-state index is -0.674. The Kier molecular flexibility index (Phi) is 7.09. The molecule has 1 N–H and O–H groups in total. The van der Waals surface area contributed by atoms with Crippen LogP contribution < -0.4 is 10.1 Å². The summed E-state index contributed by atoms with van der Waals surface area (Å²) < 4.78 is 11.1. The number of amides is 2. The van der Waals surface area contributed by atoms with Gasteiger partial charge < -0.3 is 14.8 Å². The van der Waals surface area contributed by atoms with Crippen LogP contribution in [-0.4, -0.2) is 35.0 Å². The van der Waals surface area contributed by atoms with E-state index in [1.54, 1.807) is 50.2 Å². The van der Waals surface area contributed by atoms with Crippen LogP contribution in [0.3, 0.4) is 0 Å². The minimum absolute atomic E-state index is 0.0126. The first-order chi connectivity index (χ1) is 15.3. The van der Waals surface area contributed by atoms with Gasteiger partial charge in [-0.2, -0.15) is 0 Å². The van der Waals surface area contributed by atoms with Gasteiger partial charge in [0.15, 0.2) is 0 Å². The predicted octanol–water partition coefficient (Wildman–Crippen LogP) is 4.10. The highest BCUT2D eigenvalue weighted by Crippen LogP contribution is 2.32. The summed E-state index contributed by atoms with van der Waals surface area (Å²) >= 11 is 0. The number of hydrogen-bond acceptors (Lipinski definition) is 6. The molecule has 0 aromatic heterocycles. The topological polar surface area (TPSA) is 111 Å². The second-order valence-electron chi connectivity index (χ2n) is 7.13. The van der Waals surface area contributed by atoms with Gasteiger partial charge in [-0.15, -0.1) is 0 Å². The molecule has 1 heterocycles. The van der Waals surface area contributed by atoms with Crippen molar-refractivity contribution in [1.82, 2.24) is 10.2 Å². The molecule has 9 heteroatoms. The molecule has 0 fully saturated rings. The maximum Gasteiger partial charge on any atom is 0.338 e. The Morgan fingerprint density at radius 2 is 1.91 bits per heavy atom. The molecule has 168 valence electrons. The lowest BCUT2D eigenvalue weighted by atomic mass is 9.94. The van der Waals surface area contributed by atoms with Crippen molar-refractivity contribution in [3.63, 3.8) is 0 Å². The minimum Gasteiger partial charge on any atom is -0.489 e. The van der Waals surface area contributed by atoms with Crippen molar-refractivity contribution in [2.75, 3.05) is 13.2 Å². The molecule has 0 aliphatic carbocycles. The summed E-state index contributed by atoms with van der Waals surface area (Å²) in [6.45, 7) is 6.15. The Labute approximate surface area is 185 Å². The van der Waals surface area contributed by atoms with Crippen LogP contribution in [0.2, 0.25) is 0 Å². The molecule has 1 aliphatic rings. The lowest BCUT2D eigenvalue weighted by Crippen LogP contribution is -2.47. The van der Waals surface area contributed by atoms with Crippen LogP contribution >= 0.6 is 0 Å². The molecule has 0 saturated carbocycles. The van der Waals surface area contributed by atoms with Gasteiger partial charge in [0.25, 0.3) is 5.69 Å². The van der Waals surface area contributed by atoms with Crippen molar-refractivity contribution < 1.29 is 24.0 Å². The van der Waals surface area contributed by atoms with Gasteiger partial charge in [-0.25, -0.2) is 9.59 Å². The van der Waals surface area contributed by atoms with Gasteiger partial charge in [0.1, 0.15) is 12.4 Å². The number of benzene rings is 2. The van der Waals surface area contributed by atoms with Crippen LogP contribution in [0.25, 0.3) is 0 Å². The third-order valence-electron chi connectivity index (χ3n) is 5.15. The smallest absolute Gasteiger partial charge is 0.338 e. The number of hydrogen-bond donors (Lipinski definition) is 1. The van der Waals surface area contributed by atoms with Gasteiger partial charge >= 0.3 is 12.0 Å². The lowest BCUT2D eigenvalue weighted by molar-refractivity contribution is -0.384. The summed E-state index contributed by atoms with van der Waals surface area (Å²) in [5.41, 5.74) is 2.39. The number of nitro benzene ring substituents is 1. The molecule has 9 nitrogen and oxygen atoms in total. The van der Waals surface area contributed by atoms with Crippen molar-refractivity contribution in [2.45, 2.75) is 33.4 Å². The number of ether oxygens (including phenoxy) is 2. The molecule has 0 saturated heterocycles. The van der Waals surface area contributed by atoms with Gasteiger partial charge in [-0.1, -0.05) is 12.1 Å². The number of carbonyl (C=O) groups excluding carboxylic acids is 2. The number of non-ortho nitro benzene ring substituents is 1.